The van der Waals surface area contributed by atoms with Crippen LogP contribution in [0.15, 0.2) is 24.3 Å². The van der Waals surface area contributed by atoms with E-state index in [1.54, 1.807) is 32.0 Å². The number of hydrogen-bond donors (Lipinski definition) is 3. The minimum absolute atomic E-state index is 0.261. The average molecular weight is 208 g/mol. The molecule has 1 amide bonds. The topological polar surface area (TPSA) is 75.3 Å². The number of benzene rings is 1. The number of nitrogens with two attached hydrogens (primary N) is 1. The monoisotopic (exact) mass is 208 g/mol. The van der Waals surface area contributed by atoms with Crippen LogP contribution < -0.4 is 11.1 Å². The Morgan fingerprint density at radius 3 is 2.53 bits per heavy atom. The van der Waals surface area contributed by atoms with Crippen molar-refractivity contribution in [2.24, 2.45) is 5.73 Å². The molecule has 0 saturated heterocycles. The molecule has 0 heterocycles. The normalized spacial score (nSPS) is 14.4. The predicted octanol–water partition coefficient (Wildman–Crippen LogP) is 1.03. The second kappa shape index (κ2) is 4.91. The molecule has 1 aromatic carbocycles. The SMILES string of the molecule is CC(O)c1ccccc1NC(=O)[C@@H](C)N. The molecule has 2 atom stereocenters. The number of rotatable bonds is 3. The van der Waals surface area contributed by atoms with Gasteiger partial charge in [0.1, 0.15) is 0 Å². The summed E-state index contributed by atoms with van der Waals surface area (Å²) in [6, 6.07) is 6.54. The first-order valence-electron chi connectivity index (χ1n) is 4.86. The van der Waals surface area contributed by atoms with Crippen molar-refractivity contribution in [2.45, 2.75) is 26.0 Å². The van der Waals surface area contributed by atoms with E-state index in [9.17, 15) is 9.90 Å². The quantitative estimate of drug-likeness (QED) is 0.694. The van der Waals surface area contributed by atoms with Gasteiger partial charge in [0.05, 0.1) is 12.1 Å². The molecule has 0 radical (unpaired) electrons. The first-order chi connectivity index (χ1) is 7.02. The second-order valence-electron chi connectivity index (χ2n) is 3.54. The van der Waals surface area contributed by atoms with Crippen LogP contribution in [0, 0.1) is 0 Å². The van der Waals surface area contributed by atoms with Crippen LogP contribution in [0.1, 0.15) is 25.5 Å². The van der Waals surface area contributed by atoms with Crippen LogP contribution in [0.25, 0.3) is 0 Å². The Morgan fingerprint density at radius 2 is 2.00 bits per heavy atom. The molecule has 0 aliphatic rings. The van der Waals surface area contributed by atoms with Gasteiger partial charge in [-0.2, -0.15) is 0 Å². The highest BCUT2D eigenvalue weighted by molar-refractivity contribution is 5.95. The van der Waals surface area contributed by atoms with E-state index in [1.165, 1.54) is 0 Å². The number of carbonyl (C=O) groups is 1. The maximum atomic E-state index is 11.4. The van der Waals surface area contributed by atoms with Gasteiger partial charge in [-0.05, 0) is 19.9 Å². The lowest BCUT2D eigenvalue weighted by Gasteiger charge is -2.14. The Morgan fingerprint density at radius 1 is 1.40 bits per heavy atom. The van der Waals surface area contributed by atoms with Crippen LogP contribution in [-0.4, -0.2) is 17.1 Å². The Labute approximate surface area is 89.1 Å². The number of nitrogens with one attached hydrogen (secondary N) is 1. The fourth-order valence-electron chi connectivity index (χ4n) is 1.22. The van der Waals surface area contributed by atoms with E-state index in [1.807, 2.05) is 6.07 Å². The number of amides is 1. The minimum atomic E-state index is -0.616. The van der Waals surface area contributed by atoms with Gasteiger partial charge in [-0.3, -0.25) is 4.79 Å². The van der Waals surface area contributed by atoms with Crippen molar-refractivity contribution in [3.63, 3.8) is 0 Å². The van der Waals surface area contributed by atoms with Gasteiger partial charge in [-0.25, -0.2) is 0 Å². The van der Waals surface area contributed by atoms with Crippen molar-refractivity contribution in [3.8, 4) is 0 Å². The molecule has 0 aliphatic carbocycles. The zero-order chi connectivity index (χ0) is 11.4. The van der Waals surface area contributed by atoms with Gasteiger partial charge in [0.15, 0.2) is 0 Å². The molecular weight excluding hydrogens is 192 g/mol. The van der Waals surface area contributed by atoms with Gasteiger partial charge in [-0.15, -0.1) is 0 Å². The maximum Gasteiger partial charge on any atom is 0.241 e. The largest absolute Gasteiger partial charge is 0.389 e. The van der Waals surface area contributed by atoms with Crippen LogP contribution in [0.2, 0.25) is 0 Å². The Kier molecular flexibility index (Phi) is 3.82. The lowest BCUT2D eigenvalue weighted by molar-refractivity contribution is -0.117. The zero-order valence-electron chi connectivity index (χ0n) is 8.90. The van der Waals surface area contributed by atoms with E-state index in [-0.39, 0.29) is 5.91 Å². The summed E-state index contributed by atoms with van der Waals surface area (Å²) in [6.07, 6.45) is -0.616. The molecule has 4 nitrogen and oxygen atoms in total. The summed E-state index contributed by atoms with van der Waals surface area (Å²) in [5, 5.41) is 12.1. The van der Waals surface area contributed by atoms with E-state index in [4.69, 9.17) is 5.73 Å². The standard InChI is InChI=1S/C11H16N2O2/c1-7(12)11(15)13-10-6-4-3-5-9(10)8(2)14/h3-8,14H,12H2,1-2H3,(H,13,15)/t7-,8?/m1/s1. The number of aliphatic hydroxyl groups is 1. The second-order valence-corrected chi connectivity index (χ2v) is 3.54. The first-order valence-corrected chi connectivity index (χ1v) is 4.86. The third-order valence-electron chi connectivity index (χ3n) is 2.08. The van der Waals surface area contributed by atoms with Crippen molar-refractivity contribution >= 4 is 11.6 Å². The molecule has 4 N–H and O–H groups in total. The fraction of sp³-hybridized carbons (Fsp3) is 0.364. The van der Waals surface area contributed by atoms with Crippen LogP contribution >= 0.6 is 0 Å². The molecule has 0 spiro atoms. The van der Waals surface area contributed by atoms with Crippen molar-refractivity contribution in [3.05, 3.63) is 29.8 Å². The van der Waals surface area contributed by atoms with Gasteiger partial charge in [0, 0.05) is 11.3 Å². The lowest BCUT2D eigenvalue weighted by Crippen LogP contribution is -2.32. The number of anilines is 1. The molecule has 0 aliphatic heterocycles. The molecule has 0 fully saturated rings. The van der Waals surface area contributed by atoms with E-state index in [0.29, 0.717) is 11.3 Å². The number of aliphatic hydroxyl groups excluding tert-OH is 1. The van der Waals surface area contributed by atoms with E-state index < -0.39 is 12.1 Å². The van der Waals surface area contributed by atoms with Crippen molar-refractivity contribution in [2.75, 3.05) is 5.32 Å². The third-order valence-corrected chi connectivity index (χ3v) is 2.08. The molecule has 1 aromatic rings. The van der Waals surface area contributed by atoms with Crippen molar-refractivity contribution in [1.82, 2.24) is 0 Å². The van der Waals surface area contributed by atoms with Gasteiger partial charge < -0.3 is 16.2 Å². The molecule has 0 saturated carbocycles. The Bertz CT molecular complexity index is 348. The van der Waals surface area contributed by atoms with Crippen LogP contribution in [0.5, 0.6) is 0 Å². The smallest absolute Gasteiger partial charge is 0.241 e. The highest BCUT2D eigenvalue weighted by Gasteiger charge is 2.12. The number of carbonyl (C=O) groups excluding carboxylic acids is 1. The van der Waals surface area contributed by atoms with Crippen molar-refractivity contribution < 1.29 is 9.90 Å². The van der Waals surface area contributed by atoms with Gasteiger partial charge in [0.25, 0.3) is 0 Å². The summed E-state index contributed by atoms with van der Waals surface area (Å²) < 4.78 is 0. The lowest BCUT2D eigenvalue weighted by atomic mass is 10.1. The summed E-state index contributed by atoms with van der Waals surface area (Å²) >= 11 is 0. The highest BCUT2D eigenvalue weighted by Crippen LogP contribution is 2.22. The molecule has 82 valence electrons. The van der Waals surface area contributed by atoms with E-state index in [0.717, 1.165) is 0 Å². The summed E-state index contributed by atoms with van der Waals surface area (Å²) in [5.41, 5.74) is 6.73. The molecule has 4 heteroatoms. The molecule has 1 rings (SSSR count). The average Bonchev–Trinajstić information content (AvgIpc) is 2.18. The fourth-order valence-corrected chi connectivity index (χ4v) is 1.22. The summed E-state index contributed by atoms with van der Waals surface area (Å²) in [7, 11) is 0. The van der Waals surface area contributed by atoms with Crippen molar-refractivity contribution in [1.29, 1.82) is 0 Å². The Balaban J connectivity index is 2.89. The van der Waals surface area contributed by atoms with Gasteiger partial charge in [0.2, 0.25) is 5.91 Å². The summed E-state index contributed by atoms with van der Waals surface area (Å²) in [6.45, 7) is 3.26. The molecule has 15 heavy (non-hydrogen) atoms. The number of para-hydroxylation sites is 1. The highest BCUT2D eigenvalue weighted by atomic mass is 16.3. The molecule has 1 unspecified atom stereocenters. The van der Waals surface area contributed by atoms with Crippen LogP contribution in [0.3, 0.4) is 0 Å². The maximum absolute atomic E-state index is 11.4. The number of hydrogen-bond acceptors (Lipinski definition) is 3. The zero-order valence-corrected chi connectivity index (χ0v) is 8.90. The van der Waals surface area contributed by atoms with E-state index >= 15 is 0 Å². The Hall–Kier alpha value is -1.39. The predicted molar refractivity (Wildman–Crippen MR) is 59.4 cm³/mol. The molecule has 0 bridgehead atoms. The van der Waals surface area contributed by atoms with E-state index in [2.05, 4.69) is 5.32 Å². The summed E-state index contributed by atoms with van der Waals surface area (Å²) in [5.74, 6) is -0.261. The molecule has 0 aromatic heterocycles. The van der Waals surface area contributed by atoms with Gasteiger partial charge in [-0.1, -0.05) is 18.2 Å². The molecular formula is C11H16N2O2. The van der Waals surface area contributed by atoms with Crippen LogP contribution in [-0.2, 0) is 4.79 Å². The minimum Gasteiger partial charge on any atom is -0.389 e. The van der Waals surface area contributed by atoms with Gasteiger partial charge >= 0.3 is 0 Å². The van der Waals surface area contributed by atoms with Crippen LogP contribution in [0.4, 0.5) is 5.69 Å². The first kappa shape index (κ1) is 11.7. The third kappa shape index (κ3) is 3.04. The summed E-state index contributed by atoms with van der Waals surface area (Å²) in [4.78, 5) is 11.4.